The minimum Gasteiger partial charge on any atom is -0.492 e. The Labute approximate surface area is 254 Å². The largest absolute Gasteiger partial charge is 0.492 e. The molecule has 0 amide bonds. The number of methoxy groups -OCH3 is 1. The molecule has 10 heteroatoms. The highest BCUT2D eigenvalue weighted by Crippen LogP contribution is 2.31. The molecular formula is C34H33N7O3. The van der Waals surface area contributed by atoms with Crippen LogP contribution in [-0.4, -0.2) is 39.7 Å². The van der Waals surface area contributed by atoms with Gasteiger partial charge < -0.3 is 21.5 Å². The number of nitrogens with zero attached hydrogens (tertiary/aromatic N) is 4. The number of rotatable bonds is 12. The Morgan fingerprint density at radius 3 is 2.45 bits per heavy atom. The molecule has 1 atom stereocenters. The van der Waals surface area contributed by atoms with E-state index in [1.807, 2.05) is 71.3 Å². The Bertz CT molecular complexity index is 1980. The highest BCUT2D eigenvalue weighted by atomic mass is 16.5. The topological polar surface area (TPSA) is 151 Å². The quantitative estimate of drug-likeness (QED) is 0.182. The first-order valence-corrected chi connectivity index (χ1v) is 14.5. The molecule has 0 aliphatic heterocycles. The summed E-state index contributed by atoms with van der Waals surface area (Å²) in [6, 6.07) is 25.9. The number of hydrogen-bond acceptors (Lipinski definition) is 9. The molecule has 5 N–H and O–H groups in total. The smallest absolute Gasteiger partial charge is 0.268 e. The highest BCUT2D eigenvalue weighted by molar-refractivity contribution is 5.84. The number of ether oxygens (including phenoxy) is 1. The van der Waals surface area contributed by atoms with Gasteiger partial charge in [-0.2, -0.15) is 0 Å². The molecule has 10 nitrogen and oxygen atoms in total. The van der Waals surface area contributed by atoms with Crippen molar-refractivity contribution in [2.24, 2.45) is 11.7 Å². The third-order valence-electron chi connectivity index (χ3n) is 7.84. The third-order valence-corrected chi connectivity index (χ3v) is 7.84. The summed E-state index contributed by atoms with van der Waals surface area (Å²) in [5.41, 5.74) is 17.6. The van der Waals surface area contributed by atoms with E-state index in [9.17, 15) is 9.59 Å². The Morgan fingerprint density at radius 1 is 0.932 bits per heavy atom. The summed E-state index contributed by atoms with van der Waals surface area (Å²) in [5.74, 6) is 1.33. The van der Waals surface area contributed by atoms with E-state index < -0.39 is 10.9 Å². The van der Waals surface area contributed by atoms with Crippen molar-refractivity contribution < 1.29 is 4.74 Å². The molecule has 44 heavy (non-hydrogen) atoms. The molecule has 3 aromatic carbocycles. The van der Waals surface area contributed by atoms with Gasteiger partial charge in [0.1, 0.15) is 11.3 Å². The fourth-order valence-electron chi connectivity index (χ4n) is 5.56. The van der Waals surface area contributed by atoms with Crippen molar-refractivity contribution in [2.75, 3.05) is 25.9 Å². The van der Waals surface area contributed by atoms with E-state index in [0.717, 1.165) is 40.0 Å². The molecule has 6 rings (SSSR count). The zero-order valence-electron chi connectivity index (χ0n) is 24.4. The molecule has 0 fully saturated rings. The molecule has 3 aromatic heterocycles. The van der Waals surface area contributed by atoms with Gasteiger partial charge in [0, 0.05) is 24.0 Å². The van der Waals surface area contributed by atoms with E-state index in [1.54, 1.807) is 6.20 Å². The predicted molar refractivity (Wildman–Crippen MR) is 172 cm³/mol. The Hall–Kier alpha value is -5.19. The van der Waals surface area contributed by atoms with Crippen LogP contribution in [0.2, 0.25) is 0 Å². The lowest BCUT2D eigenvalue weighted by Gasteiger charge is -2.19. The summed E-state index contributed by atoms with van der Waals surface area (Å²) in [6.45, 7) is 1.75. The predicted octanol–water partition coefficient (Wildman–Crippen LogP) is 3.63. The van der Waals surface area contributed by atoms with Gasteiger partial charge in [-0.25, -0.2) is 15.0 Å². The molecule has 1 unspecified atom stereocenters. The zero-order valence-corrected chi connectivity index (χ0v) is 24.4. The molecule has 0 radical (unpaired) electrons. The van der Waals surface area contributed by atoms with Crippen LogP contribution >= 0.6 is 0 Å². The van der Waals surface area contributed by atoms with Crippen LogP contribution in [0.5, 0.6) is 5.75 Å². The number of nitrogens with two attached hydrogens (primary N) is 2. The van der Waals surface area contributed by atoms with Crippen LogP contribution < -0.4 is 32.4 Å². The van der Waals surface area contributed by atoms with Crippen LogP contribution in [0.4, 0.5) is 5.82 Å². The standard InChI is InChI=1S/C34H33N7O3/c1-44-31-26(29(42)30(31)43)18-22(15-16-35)20-37-19-21-9-11-24(12-10-21)41-33(25-8-5-17-38-32(25)36)40-28-14-13-27(39-34(28)41)23-6-3-2-4-7-23/h2-14,17,22,37H,15-16,18-20,35H2,1H3,(H2,36,38). The average molecular weight is 588 g/mol. The summed E-state index contributed by atoms with van der Waals surface area (Å²) in [4.78, 5) is 38.0. The number of imidazole rings is 1. The Balaban J connectivity index is 1.26. The number of hydrogen-bond donors (Lipinski definition) is 3. The molecule has 0 saturated heterocycles. The molecule has 0 bridgehead atoms. The number of anilines is 1. The van der Waals surface area contributed by atoms with Gasteiger partial charge in [-0.15, -0.1) is 0 Å². The van der Waals surface area contributed by atoms with Gasteiger partial charge >= 0.3 is 0 Å². The number of nitrogens with one attached hydrogen (secondary N) is 1. The minimum absolute atomic E-state index is 0.103. The van der Waals surface area contributed by atoms with E-state index in [4.69, 9.17) is 26.2 Å². The molecule has 0 spiro atoms. The second kappa shape index (κ2) is 12.6. The molecule has 222 valence electrons. The molecule has 6 aromatic rings. The first-order chi connectivity index (χ1) is 21.5. The number of aromatic nitrogens is 4. The van der Waals surface area contributed by atoms with Gasteiger partial charge in [-0.1, -0.05) is 42.5 Å². The van der Waals surface area contributed by atoms with Crippen molar-refractivity contribution in [1.82, 2.24) is 24.8 Å². The summed E-state index contributed by atoms with van der Waals surface area (Å²) in [5, 5.41) is 3.48. The number of fused-ring (bicyclic) bond motifs is 1. The monoisotopic (exact) mass is 587 g/mol. The third kappa shape index (κ3) is 5.60. The van der Waals surface area contributed by atoms with Crippen LogP contribution in [0.1, 0.15) is 17.5 Å². The number of nitrogen functional groups attached to an aromatic ring is 1. The number of benzene rings is 2. The van der Waals surface area contributed by atoms with Crippen LogP contribution in [0.3, 0.4) is 0 Å². The second-order valence-corrected chi connectivity index (χ2v) is 10.7. The normalized spacial score (nSPS) is 12.1. The summed E-state index contributed by atoms with van der Waals surface area (Å²) < 4.78 is 7.13. The van der Waals surface area contributed by atoms with Crippen LogP contribution in [0.15, 0.2) is 94.6 Å². The fraction of sp³-hybridized carbons (Fsp3) is 0.206. The molecule has 3 heterocycles. The highest BCUT2D eigenvalue weighted by Gasteiger charge is 2.24. The summed E-state index contributed by atoms with van der Waals surface area (Å²) >= 11 is 0. The van der Waals surface area contributed by atoms with Gasteiger partial charge in [0.2, 0.25) is 5.43 Å². The zero-order chi connectivity index (χ0) is 30.6. The first-order valence-electron chi connectivity index (χ1n) is 14.5. The summed E-state index contributed by atoms with van der Waals surface area (Å²) in [6.07, 6.45) is 2.84. The van der Waals surface area contributed by atoms with Crippen molar-refractivity contribution in [3.05, 3.63) is 117 Å². The Kier molecular flexibility index (Phi) is 8.27. The summed E-state index contributed by atoms with van der Waals surface area (Å²) in [7, 11) is 1.42. The molecule has 0 aliphatic rings. The maximum absolute atomic E-state index is 12.0. The van der Waals surface area contributed by atoms with E-state index in [0.29, 0.717) is 48.9 Å². The lowest BCUT2D eigenvalue weighted by atomic mass is 9.93. The van der Waals surface area contributed by atoms with Crippen molar-refractivity contribution in [3.63, 3.8) is 0 Å². The van der Waals surface area contributed by atoms with Crippen LogP contribution in [-0.2, 0) is 13.0 Å². The molecular weight excluding hydrogens is 554 g/mol. The van der Waals surface area contributed by atoms with Gasteiger partial charge in [-0.05, 0) is 73.8 Å². The van der Waals surface area contributed by atoms with Crippen molar-refractivity contribution in [2.45, 2.75) is 19.4 Å². The fourth-order valence-corrected chi connectivity index (χ4v) is 5.56. The Morgan fingerprint density at radius 2 is 1.73 bits per heavy atom. The van der Waals surface area contributed by atoms with E-state index in [2.05, 4.69) is 22.4 Å². The van der Waals surface area contributed by atoms with Crippen molar-refractivity contribution >= 4 is 17.0 Å². The van der Waals surface area contributed by atoms with Crippen molar-refractivity contribution in [3.8, 4) is 34.1 Å². The first kappa shape index (κ1) is 28.9. The molecule has 0 saturated carbocycles. The minimum atomic E-state index is -0.548. The van der Waals surface area contributed by atoms with Crippen molar-refractivity contribution in [1.29, 1.82) is 0 Å². The van der Waals surface area contributed by atoms with E-state index in [-0.39, 0.29) is 11.7 Å². The lowest BCUT2D eigenvalue weighted by molar-refractivity contribution is 0.385. The van der Waals surface area contributed by atoms with E-state index >= 15 is 0 Å². The van der Waals surface area contributed by atoms with E-state index in [1.165, 1.54) is 7.11 Å². The van der Waals surface area contributed by atoms with Gasteiger partial charge in [0.15, 0.2) is 17.2 Å². The lowest BCUT2D eigenvalue weighted by Crippen LogP contribution is -2.38. The van der Waals surface area contributed by atoms with Crippen LogP contribution in [0, 0.1) is 5.92 Å². The van der Waals surface area contributed by atoms with Gasteiger partial charge in [0.05, 0.1) is 23.9 Å². The maximum Gasteiger partial charge on any atom is 0.268 e. The maximum atomic E-state index is 12.0. The van der Waals surface area contributed by atoms with Crippen LogP contribution in [0.25, 0.3) is 39.5 Å². The second-order valence-electron chi connectivity index (χ2n) is 10.7. The molecule has 0 aliphatic carbocycles. The van der Waals surface area contributed by atoms with Gasteiger partial charge in [0.25, 0.3) is 5.43 Å². The number of pyridine rings is 2. The van der Waals surface area contributed by atoms with Gasteiger partial charge in [-0.3, -0.25) is 14.2 Å². The average Bonchev–Trinajstić information content (AvgIpc) is 3.44. The SMILES string of the molecule is COc1c(CC(CCN)CNCc2ccc(-n3c(-c4cccnc4N)nc4ccc(-c5ccccc5)nc43)cc2)c(=O)c1=O.